The molecule has 1 amide bonds. The average molecular weight is 346 g/mol. The van der Waals surface area contributed by atoms with Crippen LogP contribution in [0.1, 0.15) is 23.6 Å². The molecule has 0 aliphatic carbocycles. The van der Waals surface area contributed by atoms with Gasteiger partial charge in [-0.05, 0) is 41.8 Å². The summed E-state index contributed by atoms with van der Waals surface area (Å²) in [6.45, 7) is 3.63. The number of nitrogens with one attached hydrogen (secondary N) is 1. The number of amides is 1. The summed E-state index contributed by atoms with van der Waals surface area (Å²) in [6.07, 6.45) is 0.0417. The number of fused-ring (bicyclic) bond motifs is 1. The van der Waals surface area contributed by atoms with Crippen LogP contribution in [0.4, 0.5) is 0 Å². The molecule has 0 aromatic heterocycles. The Labute approximate surface area is 146 Å². The van der Waals surface area contributed by atoms with Gasteiger partial charge in [-0.2, -0.15) is 0 Å². The number of hydrogen-bond donors (Lipinski definition) is 1. The van der Waals surface area contributed by atoms with E-state index in [4.69, 9.17) is 21.1 Å². The van der Waals surface area contributed by atoms with Gasteiger partial charge in [0.05, 0.1) is 6.61 Å². The van der Waals surface area contributed by atoms with Crippen molar-refractivity contribution in [3.8, 4) is 5.75 Å². The van der Waals surface area contributed by atoms with Crippen molar-refractivity contribution in [2.45, 2.75) is 32.6 Å². The molecule has 0 fully saturated rings. The van der Waals surface area contributed by atoms with E-state index in [0.717, 1.165) is 22.4 Å². The van der Waals surface area contributed by atoms with Gasteiger partial charge in [0.1, 0.15) is 5.75 Å². The molecule has 3 rings (SSSR count). The molecule has 0 radical (unpaired) electrons. The Morgan fingerprint density at radius 3 is 2.88 bits per heavy atom. The van der Waals surface area contributed by atoms with Gasteiger partial charge in [0.25, 0.3) is 5.91 Å². The second kappa shape index (κ2) is 7.69. The van der Waals surface area contributed by atoms with Crippen molar-refractivity contribution in [2.24, 2.45) is 0 Å². The van der Waals surface area contributed by atoms with Gasteiger partial charge in [0.2, 0.25) is 0 Å². The van der Waals surface area contributed by atoms with E-state index in [-0.39, 0.29) is 5.91 Å². The second-order valence-corrected chi connectivity index (χ2v) is 6.12. The molecule has 5 heteroatoms. The Hall–Kier alpha value is -2.04. The quantitative estimate of drug-likeness (QED) is 0.871. The highest BCUT2D eigenvalue weighted by Gasteiger charge is 2.29. The lowest BCUT2D eigenvalue weighted by atomic mass is 10.1. The number of halogens is 1. The molecule has 1 aliphatic rings. The van der Waals surface area contributed by atoms with Gasteiger partial charge in [0.15, 0.2) is 6.10 Å². The molecule has 1 heterocycles. The fraction of sp³-hybridized carbons (Fsp3) is 0.316. The zero-order valence-corrected chi connectivity index (χ0v) is 14.3. The molecule has 1 N–H and O–H groups in total. The van der Waals surface area contributed by atoms with E-state index in [1.54, 1.807) is 6.07 Å². The summed E-state index contributed by atoms with van der Waals surface area (Å²) >= 11 is 5.98. The van der Waals surface area contributed by atoms with E-state index in [1.807, 2.05) is 43.3 Å². The van der Waals surface area contributed by atoms with Crippen LogP contribution in [-0.4, -0.2) is 18.6 Å². The summed E-state index contributed by atoms with van der Waals surface area (Å²) in [5, 5.41) is 3.61. The molecule has 24 heavy (non-hydrogen) atoms. The molecule has 0 saturated carbocycles. The lowest BCUT2D eigenvalue weighted by Gasteiger charge is -2.13. The van der Waals surface area contributed by atoms with Crippen LogP contribution in [0.15, 0.2) is 42.5 Å². The van der Waals surface area contributed by atoms with Gasteiger partial charge in [-0.3, -0.25) is 4.79 Å². The van der Waals surface area contributed by atoms with E-state index in [9.17, 15) is 4.79 Å². The Kier molecular flexibility index (Phi) is 5.38. The maximum absolute atomic E-state index is 12.4. The van der Waals surface area contributed by atoms with Crippen LogP contribution in [0.3, 0.4) is 0 Å². The highest BCUT2D eigenvalue weighted by Crippen LogP contribution is 2.31. The van der Waals surface area contributed by atoms with Gasteiger partial charge in [-0.15, -0.1) is 0 Å². The largest absolute Gasteiger partial charge is 0.480 e. The molecule has 0 unspecified atom stereocenters. The van der Waals surface area contributed by atoms with Gasteiger partial charge in [-0.1, -0.05) is 35.9 Å². The van der Waals surface area contributed by atoms with E-state index < -0.39 is 6.10 Å². The Morgan fingerprint density at radius 1 is 1.29 bits per heavy atom. The molecular weight excluding hydrogens is 326 g/mol. The summed E-state index contributed by atoms with van der Waals surface area (Å²) in [7, 11) is 0. The zero-order valence-electron chi connectivity index (χ0n) is 13.5. The standard InChI is InChI=1S/C19H20ClNO3/c1-2-23-12-14-6-4-3-5-13(14)11-21-19(22)18-10-15-9-16(20)7-8-17(15)24-18/h3-9,18H,2,10-12H2,1H3,(H,21,22)/t18-/m1/s1. The molecule has 4 nitrogen and oxygen atoms in total. The van der Waals surface area contributed by atoms with Crippen LogP contribution in [0, 0.1) is 0 Å². The summed E-state index contributed by atoms with van der Waals surface area (Å²) in [6, 6.07) is 13.4. The van der Waals surface area contributed by atoms with Crippen LogP contribution < -0.4 is 10.1 Å². The number of carbonyl (C=O) groups is 1. The molecule has 126 valence electrons. The van der Waals surface area contributed by atoms with Crippen LogP contribution in [0.2, 0.25) is 5.02 Å². The minimum Gasteiger partial charge on any atom is -0.480 e. The average Bonchev–Trinajstić information content (AvgIpc) is 3.01. The molecule has 2 aromatic carbocycles. The van der Waals surface area contributed by atoms with Crippen LogP contribution >= 0.6 is 11.6 Å². The lowest BCUT2D eigenvalue weighted by molar-refractivity contribution is -0.127. The lowest BCUT2D eigenvalue weighted by Crippen LogP contribution is -2.37. The minimum atomic E-state index is -0.502. The number of benzene rings is 2. The Bertz CT molecular complexity index is 732. The maximum Gasteiger partial charge on any atom is 0.261 e. The van der Waals surface area contributed by atoms with Crippen molar-refractivity contribution in [2.75, 3.05) is 6.61 Å². The van der Waals surface area contributed by atoms with Crippen molar-refractivity contribution in [3.05, 3.63) is 64.2 Å². The van der Waals surface area contributed by atoms with Crippen molar-refractivity contribution >= 4 is 17.5 Å². The normalized spacial score (nSPS) is 15.7. The third kappa shape index (κ3) is 3.89. The topological polar surface area (TPSA) is 47.6 Å². The predicted octanol–water partition coefficient (Wildman–Crippen LogP) is 3.50. The van der Waals surface area contributed by atoms with E-state index in [2.05, 4.69) is 5.32 Å². The number of hydrogen-bond acceptors (Lipinski definition) is 3. The molecular formula is C19H20ClNO3. The monoisotopic (exact) mass is 345 g/mol. The van der Waals surface area contributed by atoms with Gasteiger partial charge >= 0.3 is 0 Å². The van der Waals surface area contributed by atoms with Gasteiger partial charge in [-0.25, -0.2) is 0 Å². The van der Waals surface area contributed by atoms with Crippen molar-refractivity contribution < 1.29 is 14.3 Å². The summed E-state index contributed by atoms with van der Waals surface area (Å²) in [4.78, 5) is 12.4. The summed E-state index contributed by atoms with van der Waals surface area (Å²) in [5.41, 5.74) is 3.11. The number of carbonyl (C=O) groups excluding carboxylic acids is 1. The summed E-state index contributed by atoms with van der Waals surface area (Å²) in [5.74, 6) is 0.616. The fourth-order valence-electron chi connectivity index (χ4n) is 2.74. The molecule has 0 saturated heterocycles. The Balaban J connectivity index is 1.59. The number of rotatable bonds is 6. The first kappa shape index (κ1) is 16.8. The highest BCUT2D eigenvalue weighted by atomic mass is 35.5. The van der Waals surface area contributed by atoms with Gasteiger partial charge in [0, 0.05) is 24.6 Å². The smallest absolute Gasteiger partial charge is 0.261 e. The van der Waals surface area contributed by atoms with Crippen LogP contribution in [-0.2, 0) is 29.1 Å². The van der Waals surface area contributed by atoms with Crippen LogP contribution in [0.25, 0.3) is 0 Å². The van der Waals surface area contributed by atoms with Crippen LogP contribution in [0.5, 0.6) is 5.75 Å². The zero-order chi connectivity index (χ0) is 16.9. The molecule has 0 bridgehead atoms. The Morgan fingerprint density at radius 2 is 2.08 bits per heavy atom. The SMILES string of the molecule is CCOCc1ccccc1CNC(=O)[C@H]1Cc2cc(Cl)ccc2O1. The summed E-state index contributed by atoms with van der Waals surface area (Å²) < 4.78 is 11.2. The highest BCUT2D eigenvalue weighted by molar-refractivity contribution is 6.30. The molecule has 1 aliphatic heterocycles. The number of ether oxygens (including phenoxy) is 2. The van der Waals surface area contributed by atoms with Gasteiger partial charge < -0.3 is 14.8 Å². The van der Waals surface area contributed by atoms with Crippen molar-refractivity contribution in [3.63, 3.8) is 0 Å². The third-order valence-electron chi connectivity index (χ3n) is 4.02. The maximum atomic E-state index is 12.4. The predicted molar refractivity (Wildman–Crippen MR) is 93.2 cm³/mol. The van der Waals surface area contributed by atoms with E-state index in [1.165, 1.54) is 0 Å². The molecule has 0 spiro atoms. The molecule has 1 atom stereocenters. The first-order valence-corrected chi connectivity index (χ1v) is 8.42. The second-order valence-electron chi connectivity index (χ2n) is 5.69. The fourth-order valence-corrected chi connectivity index (χ4v) is 2.94. The molecule has 2 aromatic rings. The van der Waals surface area contributed by atoms with E-state index in [0.29, 0.717) is 31.2 Å². The van der Waals surface area contributed by atoms with Crippen molar-refractivity contribution in [1.82, 2.24) is 5.32 Å². The minimum absolute atomic E-state index is 0.117. The third-order valence-corrected chi connectivity index (χ3v) is 4.26. The first-order valence-electron chi connectivity index (χ1n) is 8.04. The first-order chi connectivity index (χ1) is 11.7. The van der Waals surface area contributed by atoms with E-state index >= 15 is 0 Å². The van der Waals surface area contributed by atoms with Crippen molar-refractivity contribution in [1.29, 1.82) is 0 Å².